The first-order valence-electron chi connectivity index (χ1n) is 10.3. The monoisotopic (exact) mass is 431 g/mol. The predicted molar refractivity (Wildman–Crippen MR) is 114 cm³/mol. The molecule has 0 spiro atoms. The Morgan fingerprint density at radius 3 is 2.59 bits per heavy atom. The minimum absolute atomic E-state index is 0.188. The fourth-order valence-corrected chi connectivity index (χ4v) is 4.37. The second-order valence-electron chi connectivity index (χ2n) is 7.89. The van der Waals surface area contributed by atoms with Crippen LogP contribution in [0.5, 0.6) is 5.88 Å². The van der Waals surface area contributed by atoms with Gasteiger partial charge in [-0.3, -0.25) is 24.4 Å². The highest BCUT2D eigenvalue weighted by molar-refractivity contribution is 6.05. The van der Waals surface area contributed by atoms with E-state index in [0.717, 1.165) is 27.9 Å². The molecule has 1 saturated heterocycles. The molecule has 0 aliphatic carbocycles. The van der Waals surface area contributed by atoms with Crippen molar-refractivity contribution < 1.29 is 19.1 Å². The molecule has 3 aromatic rings. The number of pyridine rings is 1. The standard InChI is InChI=1S/C23H21N5O4/c1-27-21(14-4-8-20(32-2)24-10-14)17(11-25-27)13-3-5-16-15(9-13)12-28(23(16)31)18-6-7-19(29)26-22(18)30/h3-5,8-11,18H,6-7,12H2,1-2H3,(H,26,29,30)/t18-/m0/s1. The fourth-order valence-electron chi connectivity index (χ4n) is 4.37. The molecule has 2 aliphatic heterocycles. The topological polar surface area (TPSA) is 106 Å². The Balaban J connectivity index is 1.47. The first-order chi connectivity index (χ1) is 15.5. The van der Waals surface area contributed by atoms with Gasteiger partial charge < -0.3 is 9.64 Å². The molecular weight excluding hydrogens is 410 g/mol. The molecule has 2 aromatic heterocycles. The van der Waals surface area contributed by atoms with Crippen LogP contribution in [0.2, 0.25) is 0 Å². The Hall–Kier alpha value is -4.01. The van der Waals surface area contributed by atoms with Gasteiger partial charge in [0.25, 0.3) is 5.91 Å². The number of carbonyl (C=O) groups excluding carboxylic acids is 3. The number of aromatic nitrogens is 3. The van der Waals surface area contributed by atoms with E-state index in [1.807, 2.05) is 25.2 Å². The highest BCUT2D eigenvalue weighted by atomic mass is 16.5. The van der Waals surface area contributed by atoms with Gasteiger partial charge in [0, 0.05) is 49.0 Å². The van der Waals surface area contributed by atoms with Gasteiger partial charge in [-0.25, -0.2) is 4.98 Å². The number of nitrogens with zero attached hydrogens (tertiary/aromatic N) is 4. The van der Waals surface area contributed by atoms with Gasteiger partial charge >= 0.3 is 0 Å². The zero-order chi connectivity index (χ0) is 22.4. The third kappa shape index (κ3) is 3.22. The van der Waals surface area contributed by atoms with E-state index in [2.05, 4.69) is 15.4 Å². The number of methoxy groups -OCH3 is 1. The first kappa shape index (κ1) is 19.9. The molecule has 162 valence electrons. The largest absolute Gasteiger partial charge is 0.481 e. The number of nitrogens with one attached hydrogen (secondary N) is 1. The lowest BCUT2D eigenvalue weighted by molar-refractivity contribution is -0.136. The Bertz CT molecular complexity index is 1250. The van der Waals surface area contributed by atoms with Gasteiger partial charge in [-0.2, -0.15) is 5.10 Å². The lowest BCUT2D eigenvalue weighted by atomic mass is 9.99. The molecule has 1 fully saturated rings. The maximum absolute atomic E-state index is 12.9. The van der Waals surface area contributed by atoms with Gasteiger partial charge in [0.05, 0.1) is 19.0 Å². The van der Waals surface area contributed by atoms with Crippen molar-refractivity contribution >= 4 is 17.7 Å². The van der Waals surface area contributed by atoms with Crippen molar-refractivity contribution in [1.29, 1.82) is 0 Å². The van der Waals surface area contributed by atoms with Crippen molar-refractivity contribution in [2.75, 3.05) is 7.11 Å². The van der Waals surface area contributed by atoms with Gasteiger partial charge in [-0.15, -0.1) is 0 Å². The number of imide groups is 1. The van der Waals surface area contributed by atoms with E-state index in [1.165, 1.54) is 0 Å². The van der Waals surface area contributed by atoms with E-state index >= 15 is 0 Å². The molecule has 9 heteroatoms. The lowest BCUT2D eigenvalue weighted by Gasteiger charge is -2.29. The molecule has 1 N–H and O–H groups in total. The van der Waals surface area contributed by atoms with Gasteiger partial charge in [-0.1, -0.05) is 6.07 Å². The summed E-state index contributed by atoms with van der Waals surface area (Å²) < 4.78 is 6.93. The maximum atomic E-state index is 12.9. The van der Waals surface area contributed by atoms with Crippen molar-refractivity contribution in [3.8, 4) is 28.3 Å². The molecule has 0 unspecified atom stereocenters. The highest BCUT2D eigenvalue weighted by Crippen LogP contribution is 2.35. The Kier molecular flexibility index (Phi) is 4.73. The lowest BCUT2D eigenvalue weighted by Crippen LogP contribution is -2.52. The minimum Gasteiger partial charge on any atom is -0.481 e. The van der Waals surface area contributed by atoms with Crippen molar-refractivity contribution in [2.45, 2.75) is 25.4 Å². The average molecular weight is 431 g/mol. The molecule has 5 rings (SSSR count). The molecule has 3 amide bonds. The minimum atomic E-state index is -0.629. The average Bonchev–Trinajstić information content (AvgIpc) is 3.33. The normalized spacial score (nSPS) is 18.0. The third-order valence-electron chi connectivity index (χ3n) is 5.99. The van der Waals surface area contributed by atoms with Crippen molar-refractivity contribution in [3.05, 3.63) is 53.9 Å². The molecule has 0 saturated carbocycles. The summed E-state index contributed by atoms with van der Waals surface area (Å²) in [6.45, 7) is 0.327. The molecular formula is C23H21N5O4. The Morgan fingerprint density at radius 1 is 1.06 bits per heavy atom. The summed E-state index contributed by atoms with van der Waals surface area (Å²) in [5.74, 6) is -0.368. The Morgan fingerprint density at radius 2 is 1.88 bits per heavy atom. The van der Waals surface area contributed by atoms with Gasteiger partial charge in [-0.05, 0) is 35.7 Å². The van der Waals surface area contributed by atoms with E-state index in [0.29, 0.717) is 24.4 Å². The SMILES string of the molecule is COc1ccc(-c2c(-c3ccc4c(c3)CN([C@H]3CCC(=O)NC3=O)C4=O)cnn2C)cn1. The number of ether oxygens (including phenoxy) is 1. The van der Waals surface area contributed by atoms with Crippen LogP contribution in [-0.4, -0.2) is 50.5 Å². The highest BCUT2D eigenvalue weighted by Gasteiger charge is 2.39. The molecule has 1 atom stereocenters. The summed E-state index contributed by atoms with van der Waals surface area (Å²) in [6, 6.07) is 8.75. The van der Waals surface area contributed by atoms with Crippen LogP contribution >= 0.6 is 0 Å². The van der Waals surface area contributed by atoms with Crippen LogP contribution in [0.25, 0.3) is 22.4 Å². The van der Waals surface area contributed by atoms with E-state index in [-0.39, 0.29) is 18.2 Å². The number of hydrogen-bond acceptors (Lipinski definition) is 6. The van der Waals surface area contributed by atoms with E-state index in [9.17, 15) is 14.4 Å². The molecule has 9 nitrogen and oxygen atoms in total. The molecule has 0 radical (unpaired) electrons. The number of amides is 3. The summed E-state index contributed by atoms with van der Waals surface area (Å²) >= 11 is 0. The number of piperidine rings is 1. The Labute approximate surface area is 184 Å². The zero-order valence-electron chi connectivity index (χ0n) is 17.7. The smallest absolute Gasteiger partial charge is 0.255 e. The number of aryl methyl sites for hydroxylation is 1. The molecule has 32 heavy (non-hydrogen) atoms. The van der Waals surface area contributed by atoms with Gasteiger partial charge in [0.2, 0.25) is 17.7 Å². The third-order valence-corrected chi connectivity index (χ3v) is 5.99. The number of benzene rings is 1. The van der Waals surface area contributed by atoms with Crippen molar-refractivity contribution in [3.63, 3.8) is 0 Å². The molecule has 1 aromatic carbocycles. The van der Waals surface area contributed by atoms with Gasteiger partial charge in [0.1, 0.15) is 6.04 Å². The van der Waals surface area contributed by atoms with Crippen LogP contribution in [0.3, 0.4) is 0 Å². The van der Waals surface area contributed by atoms with E-state index in [1.54, 1.807) is 41.2 Å². The fraction of sp³-hybridized carbons (Fsp3) is 0.261. The number of carbonyl (C=O) groups is 3. The first-order valence-corrected chi connectivity index (χ1v) is 10.3. The zero-order valence-corrected chi connectivity index (χ0v) is 17.7. The van der Waals surface area contributed by atoms with Crippen LogP contribution in [0.1, 0.15) is 28.8 Å². The van der Waals surface area contributed by atoms with Crippen LogP contribution in [0.4, 0.5) is 0 Å². The maximum Gasteiger partial charge on any atom is 0.255 e. The van der Waals surface area contributed by atoms with Crippen LogP contribution in [0, 0.1) is 0 Å². The summed E-state index contributed by atoms with van der Waals surface area (Å²) in [7, 11) is 3.44. The summed E-state index contributed by atoms with van der Waals surface area (Å²) in [5.41, 5.74) is 5.04. The van der Waals surface area contributed by atoms with E-state index in [4.69, 9.17) is 4.74 Å². The number of fused-ring (bicyclic) bond motifs is 1. The van der Waals surface area contributed by atoms with Crippen molar-refractivity contribution in [1.82, 2.24) is 25.0 Å². The molecule has 4 heterocycles. The number of hydrogen-bond donors (Lipinski definition) is 1. The summed E-state index contributed by atoms with van der Waals surface area (Å²) in [4.78, 5) is 42.5. The van der Waals surface area contributed by atoms with Crippen LogP contribution in [-0.2, 0) is 23.2 Å². The summed E-state index contributed by atoms with van der Waals surface area (Å²) in [5, 5.41) is 6.75. The van der Waals surface area contributed by atoms with E-state index < -0.39 is 11.9 Å². The quantitative estimate of drug-likeness (QED) is 0.633. The predicted octanol–water partition coefficient (Wildman–Crippen LogP) is 1.92. The second kappa shape index (κ2) is 7.60. The van der Waals surface area contributed by atoms with Crippen molar-refractivity contribution in [2.24, 2.45) is 7.05 Å². The summed E-state index contributed by atoms with van der Waals surface area (Å²) in [6.07, 6.45) is 4.10. The number of rotatable bonds is 4. The molecule has 0 bridgehead atoms. The van der Waals surface area contributed by atoms with Gasteiger partial charge in [0.15, 0.2) is 0 Å². The second-order valence-corrected chi connectivity index (χ2v) is 7.89. The van der Waals surface area contributed by atoms with Crippen LogP contribution in [0.15, 0.2) is 42.7 Å². The molecule has 2 aliphatic rings. The van der Waals surface area contributed by atoms with Crippen LogP contribution < -0.4 is 10.1 Å².